The van der Waals surface area contributed by atoms with Gasteiger partial charge in [-0.15, -0.1) is 0 Å². The summed E-state index contributed by atoms with van der Waals surface area (Å²) in [6.07, 6.45) is 3.47. The molecule has 0 saturated carbocycles. The predicted molar refractivity (Wildman–Crippen MR) is 126 cm³/mol. The minimum absolute atomic E-state index is 0.0588. The number of nitriles is 1. The molecule has 0 atom stereocenters. The Labute approximate surface area is 196 Å². The van der Waals surface area contributed by atoms with Crippen LogP contribution in [0.4, 0.5) is 0 Å². The van der Waals surface area contributed by atoms with Crippen LogP contribution in [0.3, 0.4) is 0 Å². The van der Waals surface area contributed by atoms with Crippen LogP contribution in [-0.2, 0) is 9.59 Å². The summed E-state index contributed by atoms with van der Waals surface area (Å²) in [7, 11) is 4.48. The molecule has 0 spiro atoms. The van der Waals surface area contributed by atoms with Gasteiger partial charge in [-0.3, -0.25) is 14.5 Å². The molecule has 170 valence electrons. The lowest BCUT2D eigenvalue weighted by Crippen LogP contribution is -2.39. The fourth-order valence-electron chi connectivity index (χ4n) is 3.77. The van der Waals surface area contributed by atoms with Crippen molar-refractivity contribution in [3.05, 3.63) is 77.0 Å². The van der Waals surface area contributed by atoms with Crippen molar-refractivity contribution in [1.82, 2.24) is 14.7 Å². The van der Waals surface area contributed by atoms with Gasteiger partial charge in [0.1, 0.15) is 17.3 Å². The van der Waals surface area contributed by atoms with Crippen molar-refractivity contribution in [2.45, 2.75) is 6.92 Å². The Bertz CT molecular complexity index is 1390. The number of aromatic nitrogens is 2. The van der Waals surface area contributed by atoms with Crippen molar-refractivity contribution in [2.24, 2.45) is 0 Å². The maximum absolute atomic E-state index is 13.0. The number of carbonyl (C=O) groups is 2. The van der Waals surface area contributed by atoms with Crippen molar-refractivity contribution < 1.29 is 19.1 Å². The van der Waals surface area contributed by atoms with E-state index in [4.69, 9.17) is 14.6 Å². The van der Waals surface area contributed by atoms with E-state index in [1.54, 1.807) is 50.2 Å². The largest absolute Gasteiger partial charge is 0.493 e. The second kappa shape index (κ2) is 9.08. The van der Waals surface area contributed by atoms with Gasteiger partial charge in [0.15, 0.2) is 11.5 Å². The van der Waals surface area contributed by atoms with Crippen molar-refractivity contribution in [2.75, 3.05) is 21.3 Å². The molecule has 1 aliphatic heterocycles. The second-order valence-electron chi connectivity index (χ2n) is 7.62. The highest BCUT2D eigenvalue weighted by molar-refractivity contribution is 6.19. The third-order valence-electron chi connectivity index (χ3n) is 5.66. The number of rotatable bonds is 5. The van der Waals surface area contributed by atoms with E-state index in [9.17, 15) is 14.9 Å². The smallest absolute Gasteiger partial charge is 0.271 e. The van der Waals surface area contributed by atoms with E-state index in [0.29, 0.717) is 28.3 Å². The van der Waals surface area contributed by atoms with Crippen LogP contribution in [0.1, 0.15) is 12.5 Å². The van der Waals surface area contributed by atoms with Crippen LogP contribution in [0.15, 0.2) is 71.4 Å². The number of ether oxygens (including phenoxy) is 2. The monoisotopic (exact) mass is 454 g/mol. The Morgan fingerprint density at radius 2 is 1.71 bits per heavy atom. The van der Waals surface area contributed by atoms with E-state index >= 15 is 0 Å². The topological polar surface area (TPSA) is 97.5 Å². The lowest BCUT2D eigenvalue weighted by atomic mass is 9.93. The number of benzene rings is 2. The van der Waals surface area contributed by atoms with Crippen LogP contribution in [0.25, 0.3) is 23.0 Å². The number of likely N-dealkylation sites (N-methyl/N-ethyl adjacent to an activating group) is 1. The number of carbonyl (C=O) groups excluding carboxylic acids is 2. The first-order chi connectivity index (χ1) is 16.4. The van der Waals surface area contributed by atoms with Crippen LogP contribution in [0, 0.1) is 11.3 Å². The fraction of sp³-hybridized carbons (Fsp3) is 0.154. The Morgan fingerprint density at radius 3 is 2.35 bits per heavy atom. The number of para-hydroxylation sites is 1. The van der Waals surface area contributed by atoms with Gasteiger partial charge in [-0.05, 0) is 48.9 Å². The van der Waals surface area contributed by atoms with Gasteiger partial charge < -0.3 is 9.47 Å². The Kier molecular flexibility index (Phi) is 6.02. The van der Waals surface area contributed by atoms with E-state index in [1.807, 2.05) is 42.5 Å². The third-order valence-corrected chi connectivity index (χ3v) is 5.66. The molecule has 0 saturated heterocycles. The number of hydrogen-bond acceptors (Lipinski definition) is 6. The van der Waals surface area contributed by atoms with Crippen LogP contribution in [-0.4, -0.2) is 47.8 Å². The minimum atomic E-state index is -0.609. The van der Waals surface area contributed by atoms with E-state index < -0.39 is 11.8 Å². The van der Waals surface area contributed by atoms with Crippen LogP contribution in [0.2, 0.25) is 0 Å². The van der Waals surface area contributed by atoms with Crippen LogP contribution < -0.4 is 9.47 Å². The number of hydrogen-bond donors (Lipinski definition) is 0. The van der Waals surface area contributed by atoms with Gasteiger partial charge in [0.2, 0.25) is 0 Å². The van der Waals surface area contributed by atoms with Crippen LogP contribution in [0.5, 0.6) is 11.5 Å². The summed E-state index contributed by atoms with van der Waals surface area (Å²) in [4.78, 5) is 26.2. The molecule has 0 bridgehead atoms. The molecule has 0 fully saturated rings. The zero-order chi connectivity index (χ0) is 24.4. The maximum atomic E-state index is 13.0. The highest BCUT2D eigenvalue weighted by Crippen LogP contribution is 2.35. The zero-order valence-electron chi connectivity index (χ0n) is 19.2. The van der Waals surface area contributed by atoms with E-state index in [2.05, 4.69) is 0 Å². The molecule has 1 aliphatic rings. The first kappa shape index (κ1) is 22.6. The molecule has 0 aliphatic carbocycles. The van der Waals surface area contributed by atoms with Gasteiger partial charge in [0.05, 0.1) is 19.9 Å². The lowest BCUT2D eigenvalue weighted by molar-refractivity contribution is -0.138. The molecule has 8 nitrogen and oxygen atoms in total. The van der Waals surface area contributed by atoms with Gasteiger partial charge in [0, 0.05) is 29.9 Å². The Morgan fingerprint density at radius 1 is 1.00 bits per heavy atom. The van der Waals surface area contributed by atoms with Gasteiger partial charge in [-0.1, -0.05) is 18.2 Å². The molecule has 2 amide bonds. The molecular weight excluding hydrogens is 432 g/mol. The van der Waals surface area contributed by atoms with E-state index in [-0.39, 0.29) is 11.1 Å². The molecule has 0 unspecified atom stereocenters. The molecule has 4 rings (SSSR count). The highest BCUT2D eigenvalue weighted by Gasteiger charge is 2.33. The molecule has 1 aromatic heterocycles. The van der Waals surface area contributed by atoms with Crippen molar-refractivity contribution >= 4 is 17.9 Å². The average Bonchev–Trinajstić information content (AvgIpc) is 3.29. The summed E-state index contributed by atoms with van der Waals surface area (Å²) in [5, 5.41) is 14.2. The number of amides is 2. The summed E-state index contributed by atoms with van der Waals surface area (Å²) >= 11 is 0. The zero-order valence-corrected chi connectivity index (χ0v) is 19.2. The average molecular weight is 454 g/mol. The summed E-state index contributed by atoms with van der Waals surface area (Å²) in [6.45, 7) is 1.60. The molecule has 0 N–H and O–H groups in total. The minimum Gasteiger partial charge on any atom is -0.493 e. The van der Waals surface area contributed by atoms with Gasteiger partial charge in [-0.25, -0.2) is 4.68 Å². The number of imide groups is 1. The quantitative estimate of drug-likeness (QED) is 0.430. The van der Waals surface area contributed by atoms with Crippen LogP contribution >= 0.6 is 0 Å². The molecule has 2 aromatic carbocycles. The predicted octanol–water partition coefficient (Wildman–Crippen LogP) is 3.78. The highest BCUT2D eigenvalue weighted by atomic mass is 16.5. The summed E-state index contributed by atoms with van der Waals surface area (Å²) in [5.41, 5.74) is 3.34. The van der Waals surface area contributed by atoms with E-state index in [1.165, 1.54) is 7.05 Å². The molecule has 8 heteroatoms. The molecule has 0 radical (unpaired) electrons. The third kappa shape index (κ3) is 3.84. The number of nitrogens with zero attached hydrogens (tertiary/aromatic N) is 4. The fourth-order valence-corrected chi connectivity index (χ4v) is 3.77. The van der Waals surface area contributed by atoms with Crippen molar-refractivity contribution in [1.29, 1.82) is 5.26 Å². The summed E-state index contributed by atoms with van der Waals surface area (Å²) in [5.74, 6) is 0.0259. The first-order valence-electron chi connectivity index (χ1n) is 10.4. The standard InChI is InChI=1S/C26H22N4O4/c1-16-20(25(31)29(2)26(32)21(16)14-27)12-18-15-30(19-8-6-5-7-9-19)28-24(18)17-10-11-22(33-3)23(13-17)34-4/h5-13,15H,1-4H3/b20-12+. The Balaban J connectivity index is 1.95. The SMILES string of the molecule is COc1ccc(-c2nn(-c3ccccc3)cc2/C=C2/C(=O)N(C)C(=O)C(C#N)=C2C)cc1OC. The van der Waals surface area contributed by atoms with Gasteiger partial charge in [-0.2, -0.15) is 10.4 Å². The van der Waals surface area contributed by atoms with Gasteiger partial charge >= 0.3 is 0 Å². The van der Waals surface area contributed by atoms with E-state index in [0.717, 1.165) is 16.2 Å². The molecule has 2 heterocycles. The number of methoxy groups -OCH3 is 2. The van der Waals surface area contributed by atoms with Gasteiger partial charge in [0.25, 0.3) is 11.8 Å². The summed E-state index contributed by atoms with van der Waals surface area (Å²) in [6, 6.07) is 16.9. The normalized spacial score (nSPS) is 15.0. The second-order valence-corrected chi connectivity index (χ2v) is 7.62. The lowest BCUT2D eigenvalue weighted by Gasteiger charge is -2.23. The molecule has 34 heavy (non-hydrogen) atoms. The first-order valence-corrected chi connectivity index (χ1v) is 10.4. The molecule has 3 aromatic rings. The Hall–Kier alpha value is -4.64. The summed E-state index contributed by atoms with van der Waals surface area (Å²) < 4.78 is 12.5. The molecular formula is C26H22N4O4. The van der Waals surface area contributed by atoms with Crippen molar-refractivity contribution in [3.63, 3.8) is 0 Å². The van der Waals surface area contributed by atoms with Crippen molar-refractivity contribution in [3.8, 4) is 34.5 Å². The maximum Gasteiger partial charge on any atom is 0.271 e.